The minimum absolute atomic E-state index is 0.0713. The van der Waals surface area contributed by atoms with Crippen LogP contribution in [0.5, 0.6) is 0 Å². The van der Waals surface area contributed by atoms with Crippen molar-refractivity contribution >= 4 is 23.6 Å². The van der Waals surface area contributed by atoms with Gasteiger partial charge < -0.3 is 16.4 Å². The maximum Gasteiger partial charge on any atom is 0.243 e. The molecule has 4 N–H and O–H groups in total. The SMILES string of the molecule is Nc1cccc(/C=C/C(=O)NCCCC(=O)NC2CC2)c1. The summed E-state index contributed by atoms with van der Waals surface area (Å²) in [5.74, 6) is -0.0953. The number of amides is 2. The second-order valence-electron chi connectivity index (χ2n) is 5.24. The summed E-state index contributed by atoms with van der Waals surface area (Å²) in [6.07, 6.45) is 6.48. The van der Waals surface area contributed by atoms with Crippen molar-refractivity contribution in [2.24, 2.45) is 0 Å². The van der Waals surface area contributed by atoms with E-state index in [1.165, 1.54) is 6.08 Å². The monoisotopic (exact) mass is 287 g/mol. The molecule has 2 amide bonds. The normalized spacial score (nSPS) is 14.1. The van der Waals surface area contributed by atoms with Crippen molar-refractivity contribution in [2.75, 3.05) is 12.3 Å². The zero-order valence-corrected chi connectivity index (χ0v) is 12.0. The Bertz CT molecular complexity index is 536. The summed E-state index contributed by atoms with van der Waals surface area (Å²) < 4.78 is 0. The van der Waals surface area contributed by atoms with Gasteiger partial charge in [-0.15, -0.1) is 0 Å². The summed E-state index contributed by atoms with van der Waals surface area (Å²) >= 11 is 0. The molecule has 1 aliphatic rings. The molecule has 1 saturated carbocycles. The van der Waals surface area contributed by atoms with E-state index < -0.39 is 0 Å². The van der Waals surface area contributed by atoms with Gasteiger partial charge in [-0.2, -0.15) is 0 Å². The van der Waals surface area contributed by atoms with Crippen LogP contribution in [0.2, 0.25) is 0 Å². The van der Waals surface area contributed by atoms with Crippen molar-refractivity contribution in [3.63, 3.8) is 0 Å². The summed E-state index contributed by atoms with van der Waals surface area (Å²) in [4.78, 5) is 23.0. The van der Waals surface area contributed by atoms with Crippen LogP contribution in [-0.2, 0) is 9.59 Å². The van der Waals surface area contributed by atoms with Gasteiger partial charge in [-0.05, 0) is 43.0 Å². The number of nitrogens with two attached hydrogens (primary N) is 1. The first kappa shape index (κ1) is 15.1. The zero-order chi connectivity index (χ0) is 15.1. The highest BCUT2D eigenvalue weighted by Crippen LogP contribution is 2.18. The summed E-state index contributed by atoms with van der Waals surface area (Å²) in [6, 6.07) is 7.71. The quantitative estimate of drug-likeness (QED) is 0.403. The molecule has 0 aromatic heterocycles. The lowest BCUT2D eigenvalue weighted by molar-refractivity contribution is -0.121. The second-order valence-corrected chi connectivity index (χ2v) is 5.24. The Morgan fingerprint density at radius 2 is 2.14 bits per heavy atom. The highest BCUT2D eigenvalue weighted by molar-refractivity contribution is 5.91. The summed E-state index contributed by atoms with van der Waals surface area (Å²) in [6.45, 7) is 0.498. The molecule has 0 atom stereocenters. The molecule has 1 aromatic carbocycles. The molecule has 5 heteroatoms. The van der Waals surface area contributed by atoms with E-state index in [1.807, 2.05) is 12.1 Å². The van der Waals surface area contributed by atoms with E-state index in [1.54, 1.807) is 18.2 Å². The van der Waals surface area contributed by atoms with Gasteiger partial charge in [0.25, 0.3) is 0 Å². The number of hydrogen-bond donors (Lipinski definition) is 3. The van der Waals surface area contributed by atoms with Gasteiger partial charge in [0.05, 0.1) is 0 Å². The minimum Gasteiger partial charge on any atom is -0.399 e. The Morgan fingerprint density at radius 3 is 2.86 bits per heavy atom. The molecule has 2 rings (SSSR count). The van der Waals surface area contributed by atoms with Crippen LogP contribution in [0.3, 0.4) is 0 Å². The van der Waals surface area contributed by atoms with Crippen LogP contribution >= 0.6 is 0 Å². The van der Waals surface area contributed by atoms with Crippen molar-refractivity contribution in [3.05, 3.63) is 35.9 Å². The van der Waals surface area contributed by atoms with Gasteiger partial charge in [-0.25, -0.2) is 0 Å². The van der Waals surface area contributed by atoms with Crippen LogP contribution in [0, 0.1) is 0 Å². The summed E-state index contributed by atoms with van der Waals surface area (Å²) in [5.41, 5.74) is 7.21. The van der Waals surface area contributed by atoms with E-state index in [-0.39, 0.29) is 11.8 Å². The number of nitrogens with one attached hydrogen (secondary N) is 2. The van der Waals surface area contributed by atoms with Gasteiger partial charge in [-0.3, -0.25) is 9.59 Å². The van der Waals surface area contributed by atoms with Gasteiger partial charge >= 0.3 is 0 Å². The smallest absolute Gasteiger partial charge is 0.243 e. The first-order valence-electron chi connectivity index (χ1n) is 7.24. The molecule has 5 nitrogen and oxygen atoms in total. The van der Waals surface area contributed by atoms with Gasteiger partial charge in [0.1, 0.15) is 0 Å². The Morgan fingerprint density at radius 1 is 1.33 bits per heavy atom. The molecule has 0 heterocycles. The summed E-state index contributed by atoms with van der Waals surface area (Å²) in [7, 11) is 0. The van der Waals surface area contributed by atoms with Crippen molar-refractivity contribution in [1.29, 1.82) is 0 Å². The molecule has 0 radical (unpaired) electrons. The molecule has 112 valence electrons. The van der Waals surface area contributed by atoms with Gasteiger partial charge in [-0.1, -0.05) is 12.1 Å². The Hall–Kier alpha value is -2.30. The van der Waals surface area contributed by atoms with E-state index in [2.05, 4.69) is 10.6 Å². The molecule has 21 heavy (non-hydrogen) atoms. The van der Waals surface area contributed by atoms with E-state index in [4.69, 9.17) is 5.73 Å². The Balaban J connectivity index is 1.61. The average Bonchev–Trinajstić information content (AvgIpc) is 3.25. The molecule has 0 aliphatic heterocycles. The molecule has 1 fully saturated rings. The molecule has 0 unspecified atom stereocenters. The molecule has 0 saturated heterocycles. The van der Waals surface area contributed by atoms with Crippen LogP contribution in [0.15, 0.2) is 30.3 Å². The van der Waals surface area contributed by atoms with Gasteiger partial charge in [0.2, 0.25) is 11.8 Å². The molecule has 0 bridgehead atoms. The number of rotatable bonds is 7. The topological polar surface area (TPSA) is 84.2 Å². The maximum atomic E-state index is 11.6. The fourth-order valence-electron chi connectivity index (χ4n) is 1.88. The third kappa shape index (κ3) is 6.12. The molecular formula is C16H21N3O2. The lowest BCUT2D eigenvalue weighted by Crippen LogP contribution is -2.27. The van der Waals surface area contributed by atoms with E-state index in [0.29, 0.717) is 31.1 Å². The van der Waals surface area contributed by atoms with Crippen molar-refractivity contribution in [1.82, 2.24) is 10.6 Å². The number of benzene rings is 1. The van der Waals surface area contributed by atoms with Crippen LogP contribution < -0.4 is 16.4 Å². The highest BCUT2D eigenvalue weighted by atomic mass is 16.2. The lowest BCUT2D eigenvalue weighted by atomic mass is 10.2. The van der Waals surface area contributed by atoms with E-state index in [0.717, 1.165) is 18.4 Å². The fraction of sp³-hybridized carbons (Fsp3) is 0.375. The number of carbonyl (C=O) groups excluding carboxylic acids is 2. The number of hydrogen-bond acceptors (Lipinski definition) is 3. The standard InChI is InChI=1S/C16H21N3O2/c17-13-4-1-3-12(11-13)6-9-15(20)18-10-2-5-16(21)19-14-7-8-14/h1,3-4,6,9,11,14H,2,5,7-8,10,17H2,(H,18,20)(H,19,21)/b9-6+. The van der Waals surface area contributed by atoms with E-state index in [9.17, 15) is 9.59 Å². The van der Waals surface area contributed by atoms with Crippen LogP contribution in [0.25, 0.3) is 6.08 Å². The third-order valence-corrected chi connectivity index (χ3v) is 3.16. The Kier molecular flexibility index (Phi) is 5.37. The first-order valence-corrected chi connectivity index (χ1v) is 7.24. The molecular weight excluding hydrogens is 266 g/mol. The highest BCUT2D eigenvalue weighted by Gasteiger charge is 2.22. The maximum absolute atomic E-state index is 11.6. The second kappa shape index (κ2) is 7.47. The van der Waals surface area contributed by atoms with Crippen LogP contribution in [0.4, 0.5) is 5.69 Å². The molecule has 1 aliphatic carbocycles. The molecule has 1 aromatic rings. The number of carbonyl (C=O) groups is 2. The lowest BCUT2D eigenvalue weighted by Gasteiger charge is -2.04. The van der Waals surface area contributed by atoms with Crippen molar-refractivity contribution < 1.29 is 9.59 Å². The summed E-state index contributed by atoms with van der Waals surface area (Å²) in [5, 5.41) is 5.67. The first-order chi connectivity index (χ1) is 10.1. The van der Waals surface area contributed by atoms with E-state index >= 15 is 0 Å². The minimum atomic E-state index is -0.167. The Labute approximate surface area is 124 Å². The third-order valence-electron chi connectivity index (χ3n) is 3.16. The van der Waals surface area contributed by atoms with Crippen molar-refractivity contribution in [2.45, 2.75) is 31.7 Å². The zero-order valence-electron chi connectivity index (χ0n) is 12.0. The van der Waals surface area contributed by atoms with Crippen molar-refractivity contribution in [3.8, 4) is 0 Å². The number of nitrogen functional groups attached to an aromatic ring is 1. The predicted octanol–water partition coefficient (Wildman–Crippen LogP) is 1.46. The molecule has 0 spiro atoms. The largest absolute Gasteiger partial charge is 0.399 e. The van der Waals surface area contributed by atoms with Gasteiger partial charge in [0.15, 0.2) is 0 Å². The van der Waals surface area contributed by atoms with Crippen LogP contribution in [0.1, 0.15) is 31.2 Å². The van der Waals surface area contributed by atoms with Gasteiger partial charge in [0, 0.05) is 30.8 Å². The predicted molar refractivity (Wildman–Crippen MR) is 83.3 cm³/mol. The van der Waals surface area contributed by atoms with Crippen LogP contribution in [-0.4, -0.2) is 24.4 Å². The number of anilines is 1. The fourth-order valence-corrected chi connectivity index (χ4v) is 1.88. The average molecular weight is 287 g/mol.